The molecule has 0 bridgehead atoms. The summed E-state index contributed by atoms with van der Waals surface area (Å²) in [5, 5.41) is 0. The second-order valence-electron chi connectivity index (χ2n) is 5.40. The van der Waals surface area contributed by atoms with Crippen LogP contribution in [0.15, 0.2) is 29.2 Å². The summed E-state index contributed by atoms with van der Waals surface area (Å²) in [6, 6.07) is 6.62. The molecule has 1 aromatic carbocycles. The minimum atomic E-state index is -3.13. The molecule has 0 unspecified atom stereocenters. The lowest BCUT2D eigenvalue weighted by atomic mass is 9.90. The van der Waals surface area contributed by atoms with E-state index < -0.39 is 9.84 Å². The highest BCUT2D eigenvalue weighted by Gasteiger charge is 2.33. The highest BCUT2D eigenvalue weighted by molar-refractivity contribution is 7.90. The number of hydrogen-bond donors (Lipinski definition) is 1. The second-order valence-corrected chi connectivity index (χ2v) is 7.73. The first kappa shape index (κ1) is 14.7. The Morgan fingerprint density at radius 1 is 1.21 bits per heavy atom. The molecule has 2 rings (SSSR count). The molecule has 0 N–H and O–H groups in total. The molecule has 3 nitrogen and oxygen atoms in total. The minimum Gasteiger partial charge on any atom is -0.493 e. The van der Waals surface area contributed by atoms with Crippen molar-refractivity contribution >= 4 is 22.5 Å². The van der Waals surface area contributed by atoms with Crippen LogP contribution in [0.3, 0.4) is 0 Å². The zero-order valence-electron chi connectivity index (χ0n) is 11.1. The molecule has 0 aliphatic heterocycles. The molecule has 0 radical (unpaired) electrons. The van der Waals surface area contributed by atoms with Gasteiger partial charge in [-0.1, -0.05) is 12.8 Å². The number of hydrogen-bond acceptors (Lipinski definition) is 4. The molecule has 1 saturated carbocycles. The molecule has 0 amide bonds. The van der Waals surface area contributed by atoms with Gasteiger partial charge in [-0.15, -0.1) is 0 Å². The van der Waals surface area contributed by atoms with Crippen molar-refractivity contribution in [3.63, 3.8) is 0 Å². The maximum absolute atomic E-state index is 11.4. The number of sulfone groups is 1. The van der Waals surface area contributed by atoms with Gasteiger partial charge in [0, 0.05) is 11.7 Å². The fourth-order valence-corrected chi connectivity index (χ4v) is 3.53. The SMILES string of the molecule is CS(=O)(=O)c1ccc(OCC2(CS)CCCC2)cc1. The number of thiol groups is 1. The van der Waals surface area contributed by atoms with Gasteiger partial charge in [-0.05, 0) is 42.9 Å². The maximum Gasteiger partial charge on any atom is 0.175 e. The van der Waals surface area contributed by atoms with Crippen LogP contribution in [0.2, 0.25) is 0 Å². The van der Waals surface area contributed by atoms with E-state index in [1.807, 2.05) is 0 Å². The summed E-state index contributed by atoms with van der Waals surface area (Å²) >= 11 is 4.44. The van der Waals surface area contributed by atoms with E-state index >= 15 is 0 Å². The van der Waals surface area contributed by atoms with Crippen molar-refractivity contribution in [1.29, 1.82) is 0 Å². The van der Waals surface area contributed by atoms with Crippen LogP contribution in [0.25, 0.3) is 0 Å². The predicted molar refractivity (Wildman–Crippen MR) is 79.8 cm³/mol. The van der Waals surface area contributed by atoms with Gasteiger partial charge in [-0.3, -0.25) is 0 Å². The van der Waals surface area contributed by atoms with E-state index in [4.69, 9.17) is 4.74 Å². The second kappa shape index (κ2) is 5.75. The van der Waals surface area contributed by atoms with Crippen molar-refractivity contribution in [2.45, 2.75) is 30.6 Å². The summed E-state index contributed by atoms with van der Waals surface area (Å²) in [5.41, 5.74) is 0.193. The Balaban J connectivity index is 2.00. The van der Waals surface area contributed by atoms with E-state index in [9.17, 15) is 8.42 Å². The van der Waals surface area contributed by atoms with Crippen molar-refractivity contribution in [3.8, 4) is 5.75 Å². The molecule has 1 aromatic rings. The van der Waals surface area contributed by atoms with E-state index in [1.54, 1.807) is 24.3 Å². The molecule has 0 atom stereocenters. The van der Waals surface area contributed by atoms with Crippen LogP contribution in [-0.2, 0) is 9.84 Å². The molecular weight excluding hydrogens is 280 g/mol. The van der Waals surface area contributed by atoms with E-state index in [0.717, 1.165) is 24.3 Å². The van der Waals surface area contributed by atoms with Gasteiger partial charge in [0.25, 0.3) is 0 Å². The maximum atomic E-state index is 11.4. The molecule has 1 aliphatic carbocycles. The first-order valence-electron chi connectivity index (χ1n) is 6.49. The third-order valence-electron chi connectivity index (χ3n) is 3.80. The smallest absolute Gasteiger partial charge is 0.175 e. The van der Waals surface area contributed by atoms with Crippen LogP contribution >= 0.6 is 12.6 Å². The van der Waals surface area contributed by atoms with Crippen LogP contribution in [-0.4, -0.2) is 27.0 Å². The van der Waals surface area contributed by atoms with Gasteiger partial charge in [0.2, 0.25) is 0 Å². The average molecular weight is 300 g/mol. The van der Waals surface area contributed by atoms with Crippen molar-refractivity contribution in [3.05, 3.63) is 24.3 Å². The van der Waals surface area contributed by atoms with Crippen molar-refractivity contribution in [1.82, 2.24) is 0 Å². The average Bonchev–Trinajstić information content (AvgIpc) is 2.85. The third-order valence-corrected chi connectivity index (χ3v) is 5.60. The van der Waals surface area contributed by atoms with Gasteiger partial charge in [0.15, 0.2) is 9.84 Å². The summed E-state index contributed by atoms with van der Waals surface area (Å²) in [4.78, 5) is 0.324. The summed E-state index contributed by atoms with van der Waals surface area (Å²) in [6.07, 6.45) is 6.03. The fraction of sp³-hybridized carbons (Fsp3) is 0.571. The van der Waals surface area contributed by atoms with Crippen molar-refractivity contribution in [2.75, 3.05) is 18.6 Å². The molecule has 1 fully saturated rings. The summed E-state index contributed by atoms with van der Waals surface area (Å²) in [5.74, 6) is 1.56. The zero-order chi connectivity index (χ0) is 13.9. The van der Waals surface area contributed by atoms with Crippen LogP contribution in [0.1, 0.15) is 25.7 Å². The fourth-order valence-electron chi connectivity index (χ4n) is 2.49. The van der Waals surface area contributed by atoms with Crippen molar-refractivity contribution < 1.29 is 13.2 Å². The van der Waals surface area contributed by atoms with Gasteiger partial charge >= 0.3 is 0 Å². The Bertz CT molecular complexity index is 514. The highest BCUT2D eigenvalue weighted by atomic mass is 32.2. The minimum absolute atomic E-state index is 0.193. The molecule has 106 valence electrons. The Hall–Kier alpha value is -0.680. The third kappa shape index (κ3) is 3.66. The van der Waals surface area contributed by atoms with Gasteiger partial charge in [-0.2, -0.15) is 12.6 Å². The lowest BCUT2D eigenvalue weighted by molar-refractivity contribution is 0.173. The van der Waals surface area contributed by atoms with Gasteiger partial charge in [0.1, 0.15) is 5.75 Å². The normalized spacial score (nSPS) is 18.4. The Morgan fingerprint density at radius 3 is 2.26 bits per heavy atom. The lowest BCUT2D eigenvalue weighted by Gasteiger charge is -2.26. The number of benzene rings is 1. The monoisotopic (exact) mass is 300 g/mol. The van der Waals surface area contributed by atoms with E-state index in [1.165, 1.54) is 19.1 Å². The highest BCUT2D eigenvalue weighted by Crippen LogP contribution is 2.39. The lowest BCUT2D eigenvalue weighted by Crippen LogP contribution is -2.27. The number of rotatable bonds is 5. The molecule has 0 heterocycles. The van der Waals surface area contributed by atoms with Crippen molar-refractivity contribution in [2.24, 2.45) is 5.41 Å². The predicted octanol–water partition coefficient (Wildman–Crippen LogP) is 2.96. The Kier molecular flexibility index (Phi) is 4.46. The zero-order valence-corrected chi connectivity index (χ0v) is 12.8. The largest absolute Gasteiger partial charge is 0.493 e. The Labute approximate surface area is 120 Å². The van der Waals surface area contributed by atoms with E-state index in [-0.39, 0.29) is 5.41 Å². The first-order chi connectivity index (χ1) is 8.95. The van der Waals surface area contributed by atoms with Crippen LogP contribution < -0.4 is 4.74 Å². The van der Waals surface area contributed by atoms with E-state index in [0.29, 0.717) is 11.5 Å². The number of ether oxygens (including phenoxy) is 1. The van der Waals surface area contributed by atoms with Crippen LogP contribution in [0.4, 0.5) is 0 Å². The summed E-state index contributed by atoms with van der Waals surface area (Å²) < 4.78 is 28.5. The Morgan fingerprint density at radius 2 is 1.79 bits per heavy atom. The molecule has 5 heteroatoms. The van der Waals surface area contributed by atoms with Crippen LogP contribution in [0, 0.1) is 5.41 Å². The molecular formula is C14H20O3S2. The molecule has 1 aliphatic rings. The van der Waals surface area contributed by atoms with Gasteiger partial charge < -0.3 is 4.74 Å². The van der Waals surface area contributed by atoms with Gasteiger partial charge in [-0.25, -0.2) is 8.42 Å². The quantitative estimate of drug-likeness (QED) is 0.850. The summed E-state index contributed by atoms with van der Waals surface area (Å²) in [6.45, 7) is 0.661. The standard InChI is InChI=1S/C14H20O3S2/c1-19(15,16)13-6-4-12(5-7-13)17-10-14(11-18)8-2-3-9-14/h4-7,18H,2-3,8-11H2,1H3. The van der Waals surface area contributed by atoms with Crippen LogP contribution in [0.5, 0.6) is 5.75 Å². The first-order valence-corrected chi connectivity index (χ1v) is 9.01. The molecule has 19 heavy (non-hydrogen) atoms. The van der Waals surface area contributed by atoms with Gasteiger partial charge in [0.05, 0.1) is 11.5 Å². The van der Waals surface area contributed by atoms with E-state index in [2.05, 4.69) is 12.6 Å². The summed E-state index contributed by atoms with van der Waals surface area (Å²) in [7, 11) is -3.13. The molecule has 0 saturated heterocycles. The topological polar surface area (TPSA) is 43.4 Å². The molecule has 0 spiro atoms. The molecule has 0 aromatic heterocycles.